The summed E-state index contributed by atoms with van der Waals surface area (Å²) >= 11 is 5.29. The smallest absolute Gasteiger partial charge is 0.0701 e. The summed E-state index contributed by atoms with van der Waals surface area (Å²) in [6, 6.07) is 5.64. The molecule has 1 aliphatic heterocycles. The van der Waals surface area contributed by atoms with E-state index < -0.39 is 0 Å². The van der Waals surface area contributed by atoms with Crippen LogP contribution in [0.5, 0.6) is 0 Å². The monoisotopic (exact) mass is 231 g/mol. The molecule has 0 spiro atoms. The Labute approximate surface area is 78.9 Å². The first-order valence-corrected chi connectivity index (χ1v) is 5.38. The van der Waals surface area contributed by atoms with Crippen LogP contribution in [-0.2, 0) is 0 Å². The molecule has 0 radical (unpaired) electrons. The van der Waals surface area contributed by atoms with Gasteiger partial charge in [-0.15, -0.1) is 11.3 Å². The molecule has 0 saturated carbocycles. The molecule has 2 atom stereocenters. The highest BCUT2D eigenvalue weighted by atomic mass is 79.9. The van der Waals surface area contributed by atoms with Crippen molar-refractivity contribution in [2.24, 2.45) is 0 Å². The predicted molar refractivity (Wildman–Crippen MR) is 52.0 cm³/mol. The van der Waals surface area contributed by atoms with Gasteiger partial charge in [0, 0.05) is 17.0 Å². The second-order valence-electron chi connectivity index (χ2n) is 3.00. The molecule has 0 aliphatic carbocycles. The first kappa shape index (κ1) is 7.77. The van der Waals surface area contributed by atoms with Gasteiger partial charge in [0.15, 0.2) is 0 Å². The highest BCUT2D eigenvalue weighted by molar-refractivity contribution is 9.11. The third-order valence-electron chi connectivity index (χ3n) is 2.01. The number of hydrogen-bond acceptors (Lipinski definition) is 2. The van der Waals surface area contributed by atoms with Crippen molar-refractivity contribution in [2.45, 2.75) is 25.4 Å². The largest absolute Gasteiger partial charge is 0.307 e. The lowest BCUT2D eigenvalue weighted by molar-refractivity contribution is 0.292. The van der Waals surface area contributed by atoms with Crippen molar-refractivity contribution >= 4 is 27.3 Å². The van der Waals surface area contributed by atoms with E-state index in [1.807, 2.05) is 11.3 Å². The van der Waals surface area contributed by atoms with Gasteiger partial charge in [-0.3, -0.25) is 0 Å². The molecule has 2 heterocycles. The highest BCUT2D eigenvalue weighted by Gasteiger charge is 2.26. The van der Waals surface area contributed by atoms with Crippen LogP contribution >= 0.6 is 27.3 Å². The van der Waals surface area contributed by atoms with Crippen molar-refractivity contribution in [1.29, 1.82) is 0 Å². The Morgan fingerprint density at radius 3 is 2.82 bits per heavy atom. The maximum atomic E-state index is 3.46. The Balaban J connectivity index is 2.07. The second-order valence-corrected chi connectivity index (χ2v) is 5.49. The van der Waals surface area contributed by atoms with Crippen LogP contribution in [0.4, 0.5) is 0 Å². The summed E-state index contributed by atoms with van der Waals surface area (Å²) in [4.78, 5) is 1.45. The minimum Gasteiger partial charge on any atom is -0.307 e. The molecular weight excluding hydrogens is 222 g/mol. The lowest BCUT2D eigenvalue weighted by Gasteiger charge is -2.34. The molecule has 3 heteroatoms. The standard InChI is InChI=1S/C8H10BrNS/c1-5-4-6(10-5)7-2-3-8(9)11-7/h2-3,5-6,10H,4H2,1H3. The van der Waals surface area contributed by atoms with E-state index in [1.54, 1.807) is 0 Å². The number of rotatable bonds is 1. The zero-order chi connectivity index (χ0) is 7.84. The molecule has 60 valence electrons. The summed E-state index contributed by atoms with van der Waals surface area (Å²) in [5.74, 6) is 0. The van der Waals surface area contributed by atoms with E-state index in [9.17, 15) is 0 Å². The predicted octanol–water partition coefficient (Wildman–Crippen LogP) is 2.93. The normalized spacial score (nSPS) is 30.0. The summed E-state index contributed by atoms with van der Waals surface area (Å²) in [6.45, 7) is 2.22. The molecule has 1 nitrogen and oxygen atoms in total. The summed E-state index contributed by atoms with van der Waals surface area (Å²) in [6.07, 6.45) is 1.28. The summed E-state index contributed by atoms with van der Waals surface area (Å²) in [7, 11) is 0. The highest BCUT2D eigenvalue weighted by Crippen LogP contribution is 2.34. The summed E-state index contributed by atoms with van der Waals surface area (Å²) in [5.41, 5.74) is 0. The van der Waals surface area contributed by atoms with Crippen molar-refractivity contribution in [2.75, 3.05) is 0 Å². The van der Waals surface area contributed by atoms with Crippen molar-refractivity contribution in [3.05, 3.63) is 20.8 Å². The Morgan fingerprint density at radius 2 is 2.36 bits per heavy atom. The Hall–Kier alpha value is 0.140. The van der Waals surface area contributed by atoms with E-state index in [1.165, 1.54) is 15.1 Å². The van der Waals surface area contributed by atoms with Crippen LogP contribution in [0.25, 0.3) is 0 Å². The maximum absolute atomic E-state index is 3.46. The molecule has 1 saturated heterocycles. The fourth-order valence-electron chi connectivity index (χ4n) is 1.39. The average Bonchev–Trinajstić information content (AvgIpc) is 2.29. The van der Waals surface area contributed by atoms with Crippen molar-refractivity contribution in [3.63, 3.8) is 0 Å². The van der Waals surface area contributed by atoms with Crippen LogP contribution in [0.3, 0.4) is 0 Å². The topological polar surface area (TPSA) is 12.0 Å². The molecule has 1 N–H and O–H groups in total. The van der Waals surface area contributed by atoms with E-state index in [0.29, 0.717) is 12.1 Å². The van der Waals surface area contributed by atoms with Crippen LogP contribution in [0.1, 0.15) is 24.3 Å². The number of hydrogen-bond donors (Lipinski definition) is 1. The van der Waals surface area contributed by atoms with E-state index in [4.69, 9.17) is 0 Å². The first-order valence-electron chi connectivity index (χ1n) is 3.77. The van der Waals surface area contributed by atoms with Crippen molar-refractivity contribution in [3.8, 4) is 0 Å². The fourth-order valence-corrected chi connectivity index (χ4v) is 2.88. The number of nitrogens with one attached hydrogen (secondary N) is 1. The quantitative estimate of drug-likeness (QED) is 0.784. The van der Waals surface area contributed by atoms with Crippen LogP contribution in [0, 0.1) is 0 Å². The van der Waals surface area contributed by atoms with Crippen LogP contribution in [-0.4, -0.2) is 6.04 Å². The molecule has 1 aromatic rings. The minimum atomic E-state index is 0.626. The van der Waals surface area contributed by atoms with Gasteiger partial charge in [-0.25, -0.2) is 0 Å². The summed E-state index contributed by atoms with van der Waals surface area (Å²) in [5, 5.41) is 3.46. The Bertz CT molecular complexity index is 252. The van der Waals surface area contributed by atoms with Gasteiger partial charge in [0.1, 0.15) is 0 Å². The molecule has 1 aliphatic rings. The lowest BCUT2D eigenvalue weighted by atomic mass is 9.98. The third-order valence-corrected chi connectivity index (χ3v) is 3.75. The third kappa shape index (κ3) is 1.50. The maximum Gasteiger partial charge on any atom is 0.0701 e. The molecule has 1 fully saturated rings. The molecule has 0 bridgehead atoms. The van der Waals surface area contributed by atoms with E-state index in [0.717, 1.165) is 0 Å². The molecule has 2 rings (SSSR count). The minimum absolute atomic E-state index is 0.626. The Morgan fingerprint density at radius 1 is 1.64 bits per heavy atom. The zero-order valence-electron chi connectivity index (χ0n) is 6.30. The molecule has 0 amide bonds. The molecule has 0 aromatic carbocycles. The van der Waals surface area contributed by atoms with Gasteiger partial charge >= 0.3 is 0 Å². The molecular formula is C8H10BrNS. The van der Waals surface area contributed by atoms with Gasteiger partial charge < -0.3 is 5.32 Å². The van der Waals surface area contributed by atoms with E-state index in [2.05, 4.69) is 40.3 Å². The van der Waals surface area contributed by atoms with Crippen molar-refractivity contribution < 1.29 is 0 Å². The average molecular weight is 232 g/mol. The molecule has 11 heavy (non-hydrogen) atoms. The van der Waals surface area contributed by atoms with E-state index >= 15 is 0 Å². The summed E-state index contributed by atoms with van der Waals surface area (Å²) < 4.78 is 1.23. The van der Waals surface area contributed by atoms with Crippen LogP contribution < -0.4 is 5.32 Å². The van der Waals surface area contributed by atoms with Gasteiger partial charge in [0.05, 0.1) is 3.79 Å². The SMILES string of the molecule is CC1CC(c2ccc(Br)s2)N1. The van der Waals surface area contributed by atoms with E-state index in [-0.39, 0.29) is 0 Å². The molecule has 2 unspecified atom stereocenters. The second kappa shape index (κ2) is 2.88. The lowest BCUT2D eigenvalue weighted by Crippen LogP contribution is -2.43. The number of halogens is 1. The van der Waals surface area contributed by atoms with Gasteiger partial charge in [0.25, 0.3) is 0 Å². The van der Waals surface area contributed by atoms with Crippen LogP contribution in [0.15, 0.2) is 15.9 Å². The zero-order valence-corrected chi connectivity index (χ0v) is 8.71. The first-order chi connectivity index (χ1) is 5.25. The Kier molecular flexibility index (Phi) is 2.04. The fraction of sp³-hybridized carbons (Fsp3) is 0.500. The van der Waals surface area contributed by atoms with Gasteiger partial charge in [-0.05, 0) is 41.4 Å². The van der Waals surface area contributed by atoms with Crippen molar-refractivity contribution in [1.82, 2.24) is 5.32 Å². The molecule has 1 aromatic heterocycles. The number of thiophene rings is 1. The van der Waals surface area contributed by atoms with Gasteiger partial charge in [-0.2, -0.15) is 0 Å². The van der Waals surface area contributed by atoms with Crippen LogP contribution in [0.2, 0.25) is 0 Å². The van der Waals surface area contributed by atoms with Gasteiger partial charge in [0.2, 0.25) is 0 Å². The van der Waals surface area contributed by atoms with Gasteiger partial charge in [-0.1, -0.05) is 0 Å².